The fourth-order valence-corrected chi connectivity index (χ4v) is 5.04. The summed E-state index contributed by atoms with van der Waals surface area (Å²) in [7, 11) is 1.94. The lowest BCUT2D eigenvalue weighted by atomic mass is 10.2. The second-order valence-corrected chi connectivity index (χ2v) is 10.2. The van der Waals surface area contributed by atoms with Crippen LogP contribution in [0.2, 0.25) is 0 Å². The average molecular weight is 552 g/mol. The van der Waals surface area contributed by atoms with E-state index in [1.165, 1.54) is 12.4 Å². The molecule has 1 N–H and O–H groups in total. The first kappa shape index (κ1) is 26.1. The molecule has 41 heavy (non-hydrogen) atoms. The van der Waals surface area contributed by atoms with Gasteiger partial charge < -0.3 is 19.9 Å². The SMILES string of the molecule is C=CC(=O)N1CCN(c2ncc3ncnc(Nc4ccc(Oc5cc6nc[n+](C)n6cc5C)c(C)c4)c3n2)C[C@H]1C. The maximum absolute atomic E-state index is 12.1. The number of aryl methyl sites for hydroxylation is 3. The number of benzene rings is 1. The molecule has 1 aliphatic heterocycles. The van der Waals surface area contributed by atoms with Gasteiger partial charge in [-0.25, -0.2) is 19.9 Å². The Balaban J connectivity index is 1.23. The normalized spacial score (nSPS) is 15.4. The zero-order valence-electron chi connectivity index (χ0n) is 23.4. The topological polar surface area (TPSA) is 118 Å². The quantitative estimate of drug-likeness (QED) is 0.251. The maximum Gasteiger partial charge on any atom is 0.307 e. The van der Waals surface area contributed by atoms with Crippen molar-refractivity contribution >= 4 is 40.0 Å². The summed E-state index contributed by atoms with van der Waals surface area (Å²) in [5.41, 5.74) is 4.85. The molecule has 1 aromatic carbocycles. The van der Waals surface area contributed by atoms with Crippen LogP contribution in [0.1, 0.15) is 18.1 Å². The number of hydrogen-bond acceptors (Lipinski definition) is 9. The summed E-state index contributed by atoms with van der Waals surface area (Å²) in [6, 6.07) is 7.83. The maximum atomic E-state index is 12.1. The van der Waals surface area contributed by atoms with Gasteiger partial charge in [-0.05, 0) is 55.6 Å². The number of pyridine rings is 1. The Morgan fingerprint density at radius 2 is 1.98 bits per heavy atom. The summed E-state index contributed by atoms with van der Waals surface area (Å²) in [5, 5.41) is 3.39. The van der Waals surface area contributed by atoms with Gasteiger partial charge in [0.1, 0.15) is 35.9 Å². The van der Waals surface area contributed by atoms with E-state index < -0.39 is 0 Å². The van der Waals surface area contributed by atoms with E-state index in [1.54, 1.807) is 12.5 Å². The van der Waals surface area contributed by atoms with Gasteiger partial charge in [0.25, 0.3) is 5.65 Å². The Hall–Kier alpha value is -5.13. The minimum atomic E-state index is -0.0633. The molecular formula is C29H31N10O2+. The van der Waals surface area contributed by atoms with E-state index in [1.807, 2.05) is 72.4 Å². The van der Waals surface area contributed by atoms with Crippen LogP contribution in [0.3, 0.4) is 0 Å². The van der Waals surface area contributed by atoms with E-state index in [4.69, 9.17) is 9.72 Å². The van der Waals surface area contributed by atoms with Gasteiger partial charge in [-0.15, -0.1) is 4.52 Å². The van der Waals surface area contributed by atoms with Crippen LogP contribution in [0.15, 0.2) is 62.0 Å². The molecule has 0 spiro atoms. The molecular weight excluding hydrogens is 520 g/mol. The number of rotatable bonds is 6. The molecule has 1 fully saturated rings. The highest BCUT2D eigenvalue weighted by atomic mass is 16.5. The van der Waals surface area contributed by atoms with Crippen LogP contribution in [0, 0.1) is 13.8 Å². The Labute approximate surface area is 237 Å². The van der Waals surface area contributed by atoms with Gasteiger partial charge in [-0.3, -0.25) is 4.79 Å². The third kappa shape index (κ3) is 4.99. The summed E-state index contributed by atoms with van der Waals surface area (Å²) in [4.78, 5) is 38.6. The van der Waals surface area contributed by atoms with Crippen molar-refractivity contribution in [2.75, 3.05) is 29.9 Å². The lowest BCUT2D eigenvalue weighted by molar-refractivity contribution is -0.739. The molecule has 0 radical (unpaired) electrons. The smallest absolute Gasteiger partial charge is 0.307 e. The van der Waals surface area contributed by atoms with Gasteiger partial charge >= 0.3 is 6.33 Å². The Morgan fingerprint density at radius 1 is 1.12 bits per heavy atom. The molecule has 0 saturated carbocycles. The summed E-state index contributed by atoms with van der Waals surface area (Å²) in [6.07, 6.45) is 8.32. The van der Waals surface area contributed by atoms with Crippen molar-refractivity contribution in [1.82, 2.24) is 34.3 Å². The van der Waals surface area contributed by atoms with Gasteiger partial charge in [0, 0.05) is 36.9 Å². The van der Waals surface area contributed by atoms with Crippen LogP contribution in [-0.4, -0.2) is 65.9 Å². The van der Waals surface area contributed by atoms with E-state index in [-0.39, 0.29) is 11.9 Å². The zero-order chi connectivity index (χ0) is 28.7. The summed E-state index contributed by atoms with van der Waals surface area (Å²) >= 11 is 0. The van der Waals surface area contributed by atoms with Crippen LogP contribution in [0.4, 0.5) is 17.5 Å². The lowest BCUT2D eigenvalue weighted by Gasteiger charge is -2.39. The summed E-state index contributed by atoms with van der Waals surface area (Å²) < 4.78 is 10.2. The van der Waals surface area contributed by atoms with Crippen molar-refractivity contribution in [3.63, 3.8) is 0 Å². The number of aromatic nitrogens is 7. The number of fused-ring (bicyclic) bond motifs is 2. The van der Waals surface area contributed by atoms with Crippen molar-refractivity contribution in [3.8, 4) is 11.5 Å². The molecule has 5 heterocycles. The van der Waals surface area contributed by atoms with Crippen molar-refractivity contribution in [2.24, 2.45) is 7.05 Å². The fourth-order valence-electron chi connectivity index (χ4n) is 5.04. The largest absolute Gasteiger partial charge is 0.457 e. The number of ether oxygens (including phenoxy) is 1. The first-order chi connectivity index (χ1) is 19.8. The molecule has 12 heteroatoms. The van der Waals surface area contributed by atoms with Crippen LogP contribution < -0.4 is 19.6 Å². The molecule has 1 atom stereocenters. The number of anilines is 3. The molecule has 208 valence electrons. The highest BCUT2D eigenvalue weighted by Gasteiger charge is 2.27. The minimum Gasteiger partial charge on any atom is -0.457 e. The monoisotopic (exact) mass is 551 g/mol. The summed E-state index contributed by atoms with van der Waals surface area (Å²) in [5.74, 6) is 2.59. The van der Waals surface area contributed by atoms with E-state index in [2.05, 4.69) is 36.7 Å². The van der Waals surface area contributed by atoms with E-state index in [0.29, 0.717) is 42.4 Å². The molecule has 1 saturated heterocycles. The van der Waals surface area contributed by atoms with Crippen molar-refractivity contribution in [3.05, 3.63) is 73.1 Å². The van der Waals surface area contributed by atoms with Gasteiger partial charge in [-0.1, -0.05) is 6.58 Å². The van der Waals surface area contributed by atoms with Crippen LogP contribution in [0.25, 0.3) is 16.7 Å². The zero-order valence-corrected chi connectivity index (χ0v) is 23.4. The molecule has 0 aliphatic carbocycles. The van der Waals surface area contributed by atoms with Crippen molar-refractivity contribution in [2.45, 2.75) is 26.8 Å². The molecule has 6 rings (SSSR count). The van der Waals surface area contributed by atoms with Gasteiger partial charge in [0.15, 0.2) is 5.82 Å². The molecule has 12 nitrogen and oxygen atoms in total. The van der Waals surface area contributed by atoms with Gasteiger partial charge in [0.2, 0.25) is 11.9 Å². The van der Waals surface area contributed by atoms with Gasteiger partial charge in [-0.2, -0.15) is 4.68 Å². The van der Waals surface area contributed by atoms with Crippen LogP contribution >= 0.6 is 0 Å². The number of carbonyl (C=O) groups excluding carboxylic acids is 1. The standard InChI is InChI=1S/C29H31N10O2/c1-6-26(40)38-10-9-37(15-20(38)4)29-30-13-22-27(35-29)28(32-16-31-22)34-21-7-8-23(18(2)11-21)41-24-12-25-33-17-36(5)39(25)14-19(24)3/h6-8,11-14,16-17,20H,1,9-10,15H2,2-5H3,(H,31,32,34)/q+1/t20-/m1/s1. The first-order valence-electron chi connectivity index (χ1n) is 13.4. The second kappa shape index (κ2) is 10.5. The number of piperazine rings is 1. The highest BCUT2D eigenvalue weighted by molar-refractivity contribution is 5.88. The number of nitrogens with zero attached hydrogens (tertiary/aromatic N) is 9. The lowest BCUT2D eigenvalue weighted by Crippen LogP contribution is -2.54. The summed E-state index contributed by atoms with van der Waals surface area (Å²) in [6.45, 7) is 11.4. The Kier molecular flexibility index (Phi) is 6.66. The molecule has 0 unspecified atom stereocenters. The van der Waals surface area contributed by atoms with Crippen molar-refractivity contribution < 1.29 is 14.2 Å². The van der Waals surface area contributed by atoms with Crippen LogP contribution in [-0.2, 0) is 11.8 Å². The van der Waals surface area contributed by atoms with E-state index in [0.717, 1.165) is 34.0 Å². The number of amides is 1. The third-order valence-electron chi connectivity index (χ3n) is 7.29. The highest BCUT2D eigenvalue weighted by Crippen LogP contribution is 2.31. The predicted molar refractivity (Wildman–Crippen MR) is 154 cm³/mol. The molecule has 1 amide bonds. The number of hydrogen-bond donors (Lipinski definition) is 1. The Bertz CT molecular complexity index is 1800. The molecule has 0 bridgehead atoms. The fraction of sp³-hybridized carbons (Fsp3) is 0.276. The van der Waals surface area contributed by atoms with Crippen LogP contribution in [0.5, 0.6) is 11.5 Å². The molecule has 4 aromatic heterocycles. The van der Waals surface area contributed by atoms with Crippen molar-refractivity contribution in [1.29, 1.82) is 0 Å². The number of nitrogens with one attached hydrogen (secondary N) is 1. The number of carbonyl (C=O) groups is 1. The first-order valence-corrected chi connectivity index (χ1v) is 13.4. The van der Waals surface area contributed by atoms with E-state index in [9.17, 15) is 4.79 Å². The third-order valence-corrected chi connectivity index (χ3v) is 7.29. The molecule has 1 aliphatic rings. The molecule has 5 aromatic rings. The second-order valence-electron chi connectivity index (χ2n) is 10.2. The predicted octanol–water partition coefficient (Wildman–Crippen LogP) is 3.27. The Morgan fingerprint density at radius 3 is 2.76 bits per heavy atom. The minimum absolute atomic E-state index is 0.00952. The average Bonchev–Trinajstić information content (AvgIpc) is 3.33. The van der Waals surface area contributed by atoms with Gasteiger partial charge in [0.05, 0.1) is 18.5 Å². The van der Waals surface area contributed by atoms with E-state index >= 15 is 0 Å².